The number of nitro groups is 1. The second kappa shape index (κ2) is 11.8. The molecule has 1 aromatic heterocycles. The highest BCUT2D eigenvalue weighted by molar-refractivity contribution is 7.99. The van der Waals surface area contributed by atoms with Gasteiger partial charge < -0.3 is 9.84 Å². The first-order chi connectivity index (χ1) is 20.8. The minimum Gasteiger partial charge on any atom is -0.461 e. The number of nitrogens with zero attached hydrogens (tertiary/aromatic N) is 5. The van der Waals surface area contributed by atoms with Crippen LogP contribution < -0.4 is 0 Å². The first-order valence-electron chi connectivity index (χ1n) is 15.1. The fourth-order valence-electron chi connectivity index (χ4n) is 8.22. The minimum absolute atomic E-state index is 0.0481. The normalized spacial score (nSPS) is 35.1. The van der Waals surface area contributed by atoms with Crippen LogP contribution in [0.5, 0.6) is 0 Å². The zero-order chi connectivity index (χ0) is 32.0. The van der Waals surface area contributed by atoms with E-state index in [0.717, 1.165) is 31.0 Å². The Bertz CT molecular complexity index is 1510. The summed E-state index contributed by atoms with van der Waals surface area (Å²) in [5.74, 6) is -0.0972. The number of rotatable bonds is 8. The fraction of sp³-hybridized carbons (Fsp3) is 0.594. The second-order valence-corrected chi connectivity index (χ2v) is 14.2. The van der Waals surface area contributed by atoms with Crippen LogP contribution in [-0.2, 0) is 14.3 Å². The van der Waals surface area contributed by atoms with Crippen molar-refractivity contribution in [3.8, 4) is 0 Å². The van der Waals surface area contributed by atoms with Crippen molar-refractivity contribution < 1.29 is 24.4 Å². The lowest BCUT2D eigenvalue weighted by atomic mass is 9.44. The summed E-state index contributed by atoms with van der Waals surface area (Å²) >= 11 is 1.12. The Kier molecular flexibility index (Phi) is 8.62. The number of carbonyl (C=O) groups is 2. The summed E-state index contributed by atoms with van der Waals surface area (Å²) in [5.41, 5.74) is -1.16. The maximum atomic E-state index is 13.6. The minimum atomic E-state index is -0.729. The van der Waals surface area contributed by atoms with Gasteiger partial charge in [-0.3, -0.25) is 19.7 Å². The van der Waals surface area contributed by atoms with Crippen LogP contribution in [0.4, 0.5) is 5.69 Å². The number of carbonyl (C=O) groups excluding carboxylic acids is 2. The molecule has 2 aromatic rings. The lowest BCUT2D eigenvalue weighted by Gasteiger charge is -2.61. The summed E-state index contributed by atoms with van der Waals surface area (Å²) in [5, 5.41) is 35.8. The van der Waals surface area contributed by atoms with Gasteiger partial charge in [-0.25, -0.2) is 0 Å². The van der Waals surface area contributed by atoms with Crippen LogP contribution in [0.15, 0.2) is 47.2 Å². The smallest absolute Gasteiger partial charge is 0.316 e. The van der Waals surface area contributed by atoms with E-state index in [4.69, 9.17) is 4.74 Å². The molecule has 3 aliphatic carbocycles. The predicted octanol–water partition coefficient (Wildman–Crippen LogP) is 5.38. The van der Waals surface area contributed by atoms with Gasteiger partial charge in [0.1, 0.15) is 11.9 Å². The molecule has 0 radical (unpaired) electrons. The highest BCUT2D eigenvalue weighted by Gasteiger charge is 2.68. The fourth-order valence-corrected chi connectivity index (χ4v) is 8.94. The molecule has 1 heterocycles. The maximum Gasteiger partial charge on any atom is 0.316 e. The molecule has 12 heteroatoms. The molecule has 0 amide bonds. The first-order valence-corrected chi connectivity index (χ1v) is 16.1. The number of nitro benzene ring substituents is 1. The molecule has 0 saturated heterocycles. The van der Waals surface area contributed by atoms with Gasteiger partial charge in [0, 0.05) is 40.9 Å². The molecule has 2 bridgehead atoms. The van der Waals surface area contributed by atoms with E-state index in [1.165, 1.54) is 23.0 Å². The van der Waals surface area contributed by atoms with E-state index >= 15 is 0 Å². The van der Waals surface area contributed by atoms with Crippen LogP contribution in [0.2, 0.25) is 0 Å². The van der Waals surface area contributed by atoms with Crippen molar-refractivity contribution in [2.75, 3.05) is 5.75 Å². The summed E-state index contributed by atoms with van der Waals surface area (Å²) in [4.78, 5) is 37.8. The van der Waals surface area contributed by atoms with Crippen molar-refractivity contribution in [3.05, 3.63) is 58.4 Å². The monoisotopic (exact) mass is 623 g/mol. The molecule has 1 aromatic carbocycles. The lowest BCUT2D eigenvalue weighted by Crippen LogP contribution is -2.63. The molecule has 3 aliphatic rings. The van der Waals surface area contributed by atoms with E-state index in [1.54, 1.807) is 25.1 Å². The standard InChI is InChI=1S/C32H41N5O6S/c1-7-30(5)16-25(31(6)19(2)11-13-32(20(3)28(30)40)14-12-24(38)27(31)32)43-26(39)18-44-29-35-34-21(4)36(29)33-17-22-9-8-10-23(15-22)37(41)42/h7-10,15,17,19-20,25,27-28,40H,1,11-14,16,18H2,2-6H3/b33-17+/t19-,20+,25-,27+,28+,30-,31+,32+/m1/s1. The average molecular weight is 624 g/mol. The summed E-state index contributed by atoms with van der Waals surface area (Å²) < 4.78 is 7.79. The molecule has 1 N–H and O–H groups in total. The number of thioether (sulfide) groups is 1. The highest BCUT2D eigenvalue weighted by atomic mass is 32.2. The zero-order valence-corrected chi connectivity index (χ0v) is 26.7. The average Bonchev–Trinajstić information content (AvgIpc) is 3.54. The molecule has 236 valence electrons. The maximum absolute atomic E-state index is 13.6. The topological polar surface area (TPSA) is 150 Å². The van der Waals surface area contributed by atoms with Gasteiger partial charge in [-0.05, 0) is 49.9 Å². The van der Waals surface area contributed by atoms with Gasteiger partial charge in [-0.15, -0.1) is 16.8 Å². The van der Waals surface area contributed by atoms with Gasteiger partial charge in [0.2, 0.25) is 5.16 Å². The number of Topliss-reactive ketones (excluding diaryl/α,β-unsaturated/α-hetero) is 1. The van der Waals surface area contributed by atoms with Crippen molar-refractivity contribution >= 4 is 35.4 Å². The Morgan fingerprint density at radius 3 is 2.77 bits per heavy atom. The third kappa shape index (κ3) is 5.29. The molecule has 3 saturated carbocycles. The first kappa shape index (κ1) is 32.0. The van der Waals surface area contributed by atoms with E-state index in [-0.39, 0.29) is 40.4 Å². The Morgan fingerprint density at radius 2 is 2.07 bits per heavy atom. The second-order valence-electron chi connectivity index (χ2n) is 13.3. The van der Waals surface area contributed by atoms with Gasteiger partial charge in [-0.1, -0.05) is 57.7 Å². The van der Waals surface area contributed by atoms with Gasteiger partial charge in [0.25, 0.3) is 5.69 Å². The van der Waals surface area contributed by atoms with Gasteiger partial charge in [0.05, 0.1) is 23.0 Å². The molecular formula is C32H41N5O6S. The Labute approximate surface area is 261 Å². The number of ketones is 1. The van der Waals surface area contributed by atoms with E-state index in [1.807, 2.05) is 6.92 Å². The van der Waals surface area contributed by atoms with Crippen molar-refractivity contribution in [2.24, 2.45) is 39.1 Å². The van der Waals surface area contributed by atoms with Crippen LogP contribution in [0, 0.1) is 51.0 Å². The van der Waals surface area contributed by atoms with Gasteiger partial charge in [-0.2, -0.15) is 9.78 Å². The Balaban J connectivity index is 1.38. The summed E-state index contributed by atoms with van der Waals surface area (Å²) in [7, 11) is 0. The number of aryl methyl sites for hydroxylation is 1. The van der Waals surface area contributed by atoms with Crippen molar-refractivity contribution in [1.82, 2.24) is 14.9 Å². The van der Waals surface area contributed by atoms with Crippen LogP contribution >= 0.6 is 11.8 Å². The van der Waals surface area contributed by atoms with Crippen molar-refractivity contribution in [2.45, 2.75) is 84.1 Å². The van der Waals surface area contributed by atoms with E-state index in [9.17, 15) is 24.8 Å². The number of non-ortho nitro benzene ring substituents is 1. The van der Waals surface area contributed by atoms with Crippen LogP contribution in [0.3, 0.4) is 0 Å². The van der Waals surface area contributed by atoms with Crippen LogP contribution in [-0.4, -0.2) is 60.8 Å². The summed E-state index contributed by atoms with van der Waals surface area (Å²) in [6.07, 6.45) is 5.28. The highest BCUT2D eigenvalue weighted by Crippen LogP contribution is 2.68. The van der Waals surface area contributed by atoms with E-state index in [0.29, 0.717) is 29.4 Å². The summed E-state index contributed by atoms with van der Waals surface area (Å²) in [6.45, 7) is 14.1. The SMILES string of the molecule is C=C[C@]1(C)C[C@@H](OC(=O)CSc2nnc(C)n2/N=C/c2cccc([N+](=O)[O-])c2)[C@]2(C)[C@H](C)CC[C@]3(CCC(=O)[C@H]32)[C@@H](C)[C@@H]1O. The van der Waals surface area contributed by atoms with Crippen molar-refractivity contribution in [3.63, 3.8) is 0 Å². The largest absolute Gasteiger partial charge is 0.461 e. The predicted molar refractivity (Wildman–Crippen MR) is 166 cm³/mol. The van der Waals surface area contributed by atoms with Crippen LogP contribution in [0.1, 0.15) is 71.2 Å². The number of hydrogen-bond acceptors (Lipinski definition) is 10. The molecule has 5 rings (SSSR count). The zero-order valence-electron chi connectivity index (χ0n) is 25.9. The number of esters is 1. The Hall–Kier alpha value is -3.38. The lowest BCUT2D eigenvalue weighted by molar-refractivity contribution is -0.384. The summed E-state index contributed by atoms with van der Waals surface area (Å²) in [6, 6.07) is 6.09. The third-order valence-electron chi connectivity index (χ3n) is 11.1. The van der Waals surface area contributed by atoms with Gasteiger partial charge >= 0.3 is 5.97 Å². The van der Waals surface area contributed by atoms with E-state index < -0.39 is 33.9 Å². The molecule has 44 heavy (non-hydrogen) atoms. The number of ether oxygens (including phenoxy) is 1. The number of aromatic nitrogens is 3. The van der Waals surface area contributed by atoms with Crippen LogP contribution in [0.25, 0.3) is 0 Å². The molecule has 0 spiro atoms. The van der Waals surface area contributed by atoms with Crippen molar-refractivity contribution in [1.29, 1.82) is 0 Å². The van der Waals surface area contributed by atoms with E-state index in [2.05, 4.69) is 42.6 Å². The molecule has 11 nitrogen and oxygen atoms in total. The number of benzene rings is 1. The molecule has 8 atom stereocenters. The molecule has 3 fully saturated rings. The Morgan fingerprint density at radius 1 is 1.32 bits per heavy atom. The molecule has 0 unspecified atom stereocenters. The number of hydrogen-bond donors (Lipinski definition) is 1. The number of aliphatic hydroxyl groups is 1. The quantitative estimate of drug-likeness (QED) is 0.102. The molecular weight excluding hydrogens is 582 g/mol. The number of aliphatic hydroxyl groups excluding tert-OH is 1. The van der Waals surface area contributed by atoms with Gasteiger partial charge in [0.15, 0.2) is 5.82 Å². The third-order valence-corrected chi connectivity index (χ3v) is 12.0. The molecule has 0 aliphatic heterocycles.